The number of benzene rings is 1. The van der Waals surface area contributed by atoms with Crippen LogP contribution in [-0.4, -0.2) is 21.0 Å². The van der Waals surface area contributed by atoms with Gasteiger partial charge in [0, 0.05) is 18.0 Å². The minimum absolute atomic E-state index is 0.115. The molecule has 0 atom stereocenters. The Kier molecular flexibility index (Phi) is 3.98. The van der Waals surface area contributed by atoms with Gasteiger partial charge in [0.1, 0.15) is 5.54 Å². The summed E-state index contributed by atoms with van der Waals surface area (Å²) in [6.45, 7) is 5.69. The highest BCUT2D eigenvalue weighted by atomic mass is 16.5. The maximum Gasteiger partial charge on any atom is 0.252 e. The summed E-state index contributed by atoms with van der Waals surface area (Å²) in [5, 5.41) is 8.19. The number of amides is 1. The number of aryl methyl sites for hydroxylation is 3. The summed E-state index contributed by atoms with van der Waals surface area (Å²) in [5.41, 5.74) is 2.84. The van der Waals surface area contributed by atoms with Crippen molar-refractivity contribution in [3.63, 3.8) is 0 Å². The molecule has 1 amide bonds. The molecule has 0 spiro atoms. The van der Waals surface area contributed by atoms with Crippen molar-refractivity contribution >= 4 is 16.8 Å². The topological polar surface area (TPSA) is 80.9 Å². The Morgan fingerprint density at radius 1 is 1.12 bits per heavy atom. The smallest absolute Gasteiger partial charge is 0.252 e. The van der Waals surface area contributed by atoms with Gasteiger partial charge in [-0.3, -0.25) is 9.78 Å². The van der Waals surface area contributed by atoms with Gasteiger partial charge in [0.05, 0.1) is 11.1 Å². The van der Waals surface area contributed by atoms with Crippen molar-refractivity contribution in [3.8, 4) is 0 Å². The van der Waals surface area contributed by atoms with Crippen LogP contribution in [0.3, 0.4) is 0 Å². The van der Waals surface area contributed by atoms with Gasteiger partial charge < -0.3 is 9.84 Å². The SMILES string of the molecule is Cc1ccc2nc(C)cc(C(=O)NC3(c4noc(C)n4)CCCC3)c2c1. The highest BCUT2D eigenvalue weighted by Gasteiger charge is 2.41. The van der Waals surface area contributed by atoms with E-state index in [4.69, 9.17) is 4.52 Å². The highest BCUT2D eigenvalue weighted by molar-refractivity contribution is 6.06. The molecule has 2 aromatic heterocycles. The Balaban J connectivity index is 1.76. The number of hydrogen-bond donors (Lipinski definition) is 1. The number of rotatable bonds is 3. The molecular formula is C20H22N4O2. The van der Waals surface area contributed by atoms with E-state index in [0.29, 0.717) is 17.3 Å². The largest absolute Gasteiger partial charge is 0.340 e. The molecule has 1 N–H and O–H groups in total. The average molecular weight is 350 g/mol. The fourth-order valence-electron chi connectivity index (χ4n) is 3.82. The average Bonchev–Trinajstić information content (AvgIpc) is 3.24. The first kappa shape index (κ1) is 16.7. The Hall–Kier alpha value is -2.76. The first-order chi connectivity index (χ1) is 12.5. The molecule has 6 heteroatoms. The molecule has 0 bridgehead atoms. The van der Waals surface area contributed by atoms with Gasteiger partial charge in [0.25, 0.3) is 5.91 Å². The van der Waals surface area contributed by atoms with Gasteiger partial charge in [-0.05, 0) is 44.9 Å². The summed E-state index contributed by atoms with van der Waals surface area (Å²) in [4.78, 5) is 22.2. The maximum atomic E-state index is 13.2. The van der Waals surface area contributed by atoms with Gasteiger partial charge in [0.15, 0.2) is 5.82 Å². The molecule has 4 rings (SSSR count). The van der Waals surface area contributed by atoms with E-state index in [9.17, 15) is 4.79 Å². The lowest BCUT2D eigenvalue weighted by molar-refractivity contribution is 0.0893. The number of nitrogens with one attached hydrogen (secondary N) is 1. The standard InChI is InChI=1S/C20H22N4O2/c1-12-6-7-17-15(10-12)16(11-13(2)21-17)18(25)23-20(8-4-5-9-20)19-22-14(3)26-24-19/h6-7,10-11H,4-5,8-9H2,1-3H3,(H,23,25). The van der Waals surface area contributed by atoms with Crippen LogP contribution in [0.2, 0.25) is 0 Å². The summed E-state index contributed by atoms with van der Waals surface area (Å²) in [6, 6.07) is 7.83. The Bertz CT molecular complexity index is 987. The van der Waals surface area contributed by atoms with E-state index < -0.39 is 5.54 Å². The fourth-order valence-corrected chi connectivity index (χ4v) is 3.82. The third-order valence-electron chi connectivity index (χ3n) is 5.10. The van der Waals surface area contributed by atoms with Gasteiger partial charge in [-0.25, -0.2) is 0 Å². The first-order valence-corrected chi connectivity index (χ1v) is 8.98. The maximum absolute atomic E-state index is 13.2. The Morgan fingerprint density at radius 3 is 2.58 bits per heavy atom. The van der Waals surface area contributed by atoms with Crippen molar-refractivity contribution < 1.29 is 9.32 Å². The molecule has 0 radical (unpaired) electrons. The van der Waals surface area contributed by atoms with Gasteiger partial charge in [-0.15, -0.1) is 0 Å². The predicted molar refractivity (Wildman–Crippen MR) is 97.9 cm³/mol. The second-order valence-electron chi connectivity index (χ2n) is 7.21. The number of hydrogen-bond acceptors (Lipinski definition) is 5. The number of carbonyl (C=O) groups is 1. The predicted octanol–water partition coefficient (Wildman–Crippen LogP) is 3.74. The molecule has 2 heterocycles. The second-order valence-corrected chi connectivity index (χ2v) is 7.21. The molecule has 1 aliphatic rings. The van der Waals surface area contributed by atoms with Crippen LogP contribution >= 0.6 is 0 Å². The number of aromatic nitrogens is 3. The molecule has 6 nitrogen and oxygen atoms in total. The van der Waals surface area contributed by atoms with E-state index >= 15 is 0 Å². The molecule has 0 saturated heterocycles. The summed E-state index contributed by atoms with van der Waals surface area (Å²) in [5.74, 6) is 0.976. The molecule has 1 aromatic carbocycles. The molecule has 1 fully saturated rings. The van der Waals surface area contributed by atoms with Crippen LogP contribution in [0.5, 0.6) is 0 Å². The number of nitrogens with zero attached hydrogens (tertiary/aromatic N) is 3. The van der Waals surface area contributed by atoms with E-state index in [1.165, 1.54) is 0 Å². The van der Waals surface area contributed by atoms with Crippen LogP contribution in [0.25, 0.3) is 10.9 Å². The molecule has 0 aliphatic heterocycles. The van der Waals surface area contributed by atoms with Crippen molar-refractivity contribution in [1.29, 1.82) is 0 Å². The van der Waals surface area contributed by atoms with Gasteiger partial charge in [-0.1, -0.05) is 29.6 Å². The fraction of sp³-hybridized carbons (Fsp3) is 0.400. The first-order valence-electron chi connectivity index (χ1n) is 8.98. The van der Waals surface area contributed by atoms with Gasteiger partial charge in [0.2, 0.25) is 5.89 Å². The zero-order chi connectivity index (χ0) is 18.3. The van der Waals surface area contributed by atoms with Crippen LogP contribution in [0, 0.1) is 20.8 Å². The van der Waals surface area contributed by atoms with Gasteiger partial charge in [-0.2, -0.15) is 4.98 Å². The van der Waals surface area contributed by atoms with Crippen molar-refractivity contribution in [3.05, 3.63) is 52.8 Å². The molecule has 1 aliphatic carbocycles. The molecule has 134 valence electrons. The Labute approximate surface area is 152 Å². The molecule has 26 heavy (non-hydrogen) atoms. The van der Waals surface area contributed by atoms with Crippen LogP contribution in [0.1, 0.15) is 59.0 Å². The van der Waals surface area contributed by atoms with Crippen molar-refractivity contribution in [2.75, 3.05) is 0 Å². The zero-order valence-corrected chi connectivity index (χ0v) is 15.3. The van der Waals surface area contributed by atoms with E-state index in [1.54, 1.807) is 6.92 Å². The van der Waals surface area contributed by atoms with E-state index in [2.05, 4.69) is 20.4 Å². The monoisotopic (exact) mass is 350 g/mol. The summed E-state index contributed by atoms with van der Waals surface area (Å²) in [6.07, 6.45) is 3.70. The zero-order valence-electron chi connectivity index (χ0n) is 15.3. The summed E-state index contributed by atoms with van der Waals surface area (Å²) < 4.78 is 5.17. The van der Waals surface area contributed by atoms with Gasteiger partial charge >= 0.3 is 0 Å². The third-order valence-corrected chi connectivity index (χ3v) is 5.10. The number of carbonyl (C=O) groups excluding carboxylic acids is 1. The quantitative estimate of drug-likeness (QED) is 0.778. The van der Waals surface area contributed by atoms with Crippen molar-refractivity contribution in [2.45, 2.75) is 52.0 Å². The van der Waals surface area contributed by atoms with Crippen LogP contribution < -0.4 is 5.32 Å². The summed E-state index contributed by atoms with van der Waals surface area (Å²) >= 11 is 0. The van der Waals surface area contributed by atoms with Crippen molar-refractivity contribution in [1.82, 2.24) is 20.4 Å². The third kappa shape index (κ3) is 2.85. The molecule has 3 aromatic rings. The van der Waals surface area contributed by atoms with Crippen LogP contribution in [0.4, 0.5) is 0 Å². The van der Waals surface area contributed by atoms with E-state index in [1.807, 2.05) is 38.1 Å². The van der Waals surface area contributed by atoms with Crippen LogP contribution in [-0.2, 0) is 5.54 Å². The minimum atomic E-state index is -0.553. The minimum Gasteiger partial charge on any atom is -0.340 e. The van der Waals surface area contributed by atoms with E-state index in [0.717, 1.165) is 47.8 Å². The molecule has 0 unspecified atom stereocenters. The Morgan fingerprint density at radius 2 is 1.88 bits per heavy atom. The lowest BCUT2D eigenvalue weighted by Crippen LogP contribution is -2.44. The lowest BCUT2D eigenvalue weighted by Gasteiger charge is -2.27. The lowest BCUT2D eigenvalue weighted by atomic mass is 9.95. The normalized spacial score (nSPS) is 16.1. The number of pyridine rings is 1. The molecular weight excluding hydrogens is 328 g/mol. The van der Waals surface area contributed by atoms with Crippen LogP contribution in [0.15, 0.2) is 28.8 Å². The summed E-state index contributed by atoms with van der Waals surface area (Å²) in [7, 11) is 0. The highest BCUT2D eigenvalue weighted by Crippen LogP contribution is 2.37. The second kappa shape index (κ2) is 6.20. The molecule has 1 saturated carbocycles. The van der Waals surface area contributed by atoms with Crippen molar-refractivity contribution in [2.24, 2.45) is 0 Å². The van der Waals surface area contributed by atoms with E-state index in [-0.39, 0.29) is 5.91 Å². The number of fused-ring (bicyclic) bond motifs is 1.